The van der Waals surface area contributed by atoms with Crippen LogP contribution in [0.4, 0.5) is 32.2 Å². The fraction of sp³-hybridized carbons (Fsp3) is 0.412. The Morgan fingerprint density at radius 3 is 2.22 bits per heavy atom. The third kappa shape index (κ3) is 3.93. The van der Waals surface area contributed by atoms with Crippen molar-refractivity contribution in [2.45, 2.75) is 25.2 Å². The Morgan fingerprint density at radius 2 is 1.70 bits per heavy atom. The number of carbonyl (C=O) groups is 1. The molecule has 0 atom stereocenters. The lowest BCUT2D eigenvalue weighted by atomic mass is 9.96. The third-order valence-corrected chi connectivity index (χ3v) is 4.61. The van der Waals surface area contributed by atoms with E-state index in [1.165, 1.54) is 17.0 Å². The summed E-state index contributed by atoms with van der Waals surface area (Å²) >= 11 is 0. The second-order valence-electron chi connectivity index (χ2n) is 6.37. The van der Waals surface area contributed by atoms with Gasteiger partial charge in [0.05, 0.1) is 11.5 Å². The second kappa shape index (κ2) is 6.58. The van der Waals surface area contributed by atoms with Crippen molar-refractivity contribution in [3.63, 3.8) is 0 Å². The van der Waals surface area contributed by atoms with Gasteiger partial charge in [-0.2, -0.15) is 26.3 Å². The van der Waals surface area contributed by atoms with Gasteiger partial charge in [-0.15, -0.1) is 0 Å². The number of benzene rings is 1. The molecule has 2 heterocycles. The number of piperidine rings is 1. The molecule has 4 nitrogen and oxygen atoms in total. The van der Waals surface area contributed by atoms with Crippen LogP contribution in [-0.4, -0.2) is 35.3 Å². The van der Waals surface area contributed by atoms with E-state index in [1.807, 2.05) is 0 Å². The number of carboxylic acid groups (broad SMARTS) is 1. The lowest BCUT2D eigenvalue weighted by Gasteiger charge is -2.34. The molecule has 0 bridgehead atoms. The summed E-state index contributed by atoms with van der Waals surface area (Å²) in [5.41, 5.74) is -1.41. The van der Waals surface area contributed by atoms with Crippen LogP contribution in [0.25, 0.3) is 10.8 Å². The number of pyridine rings is 1. The molecule has 1 fully saturated rings. The maximum atomic E-state index is 13.2. The maximum absolute atomic E-state index is 13.2. The average molecular weight is 392 g/mol. The van der Waals surface area contributed by atoms with Crippen molar-refractivity contribution >= 4 is 22.6 Å². The predicted octanol–water partition coefficient (Wildman–Crippen LogP) is 4.73. The van der Waals surface area contributed by atoms with Crippen LogP contribution in [0.2, 0.25) is 0 Å². The zero-order valence-corrected chi connectivity index (χ0v) is 13.7. The smallest absolute Gasteiger partial charge is 0.433 e. The second-order valence-corrected chi connectivity index (χ2v) is 6.37. The molecule has 0 aliphatic carbocycles. The lowest BCUT2D eigenvalue weighted by molar-refractivity contribution is -0.179. The normalized spacial score (nSPS) is 16.7. The van der Waals surface area contributed by atoms with Gasteiger partial charge < -0.3 is 10.0 Å². The molecule has 2 aromatic rings. The molecule has 0 saturated carbocycles. The summed E-state index contributed by atoms with van der Waals surface area (Å²) in [6.07, 6.45) is -9.59. The van der Waals surface area contributed by atoms with Gasteiger partial charge in [0.15, 0.2) is 0 Å². The number of rotatable bonds is 2. The fourth-order valence-corrected chi connectivity index (χ4v) is 3.18. The van der Waals surface area contributed by atoms with Gasteiger partial charge in [0.1, 0.15) is 11.5 Å². The molecule has 1 aromatic carbocycles. The number of aromatic carboxylic acids is 1. The molecular formula is C17H14F6N2O2. The summed E-state index contributed by atoms with van der Waals surface area (Å²) < 4.78 is 78.1. The van der Waals surface area contributed by atoms with Gasteiger partial charge >= 0.3 is 18.3 Å². The number of aromatic nitrogens is 1. The van der Waals surface area contributed by atoms with E-state index in [9.17, 15) is 31.1 Å². The summed E-state index contributed by atoms with van der Waals surface area (Å²) in [6.45, 7) is -0.178. The van der Waals surface area contributed by atoms with Gasteiger partial charge in [0.25, 0.3) is 0 Å². The Kier molecular flexibility index (Phi) is 4.69. The molecular weight excluding hydrogens is 378 g/mol. The number of nitrogens with zero attached hydrogens (tertiary/aromatic N) is 2. The summed E-state index contributed by atoms with van der Waals surface area (Å²) in [5.74, 6) is -2.88. The minimum Gasteiger partial charge on any atom is -0.478 e. The number of halogens is 6. The molecule has 1 N–H and O–H groups in total. The Hall–Kier alpha value is -2.52. The van der Waals surface area contributed by atoms with E-state index in [4.69, 9.17) is 5.11 Å². The SMILES string of the molecule is O=C(O)c1ccc2c(N3CCC(C(F)(F)F)CC3)nc(C(F)(F)F)cc2c1. The first-order chi connectivity index (χ1) is 12.5. The first-order valence-electron chi connectivity index (χ1n) is 8.04. The highest BCUT2D eigenvalue weighted by Gasteiger charge is 2.42. The van der Waals surface area contributed by atoms with Gasteiger partial charge in [-0.05, 0) is 42.5 Å². The highest BCUT2D eigenvalue weighted by Crippen LogP contribution is 2.38. The van der Waals surface area contributed by atoms with E-state index in [0.29, 0.717) is 0 Å². The Balaban J connectivity index is 2.05. The summed E-state index contributed by atoms with van der Waals surface area (Å²) in [6, 6.07) is 4.40. The monoisotopic (exact) mass is 392 g/mol. The maximum Gasteiger partial charge on any atom is 0.433 e. The largest absolute Gasteiger partial charge is 0.478 e. The zero-order chi connectivity index (χ0) is 20.0. The predicted molar refractivity (Wildman–Crippen MR) is 84.7 cm³/mol. The number of anilines is 1. The quantitative estimate of drug-likeness (QED) is 0.751. The van der Waals surface area contributed by atoms with Crippen molar-refractivity contribution in [2.24, 2.45) is 5.92 Å². The van der Waals surface area contributed by atoms with Gasteiger partial charge in [0, 0.05) is 18.5 Å². The third-order valence-electron chi connectivity index (χ3n) is 4.61. The summed E-state index contributed by atoms with van der Waals surface area (Å²) in [4.78, 5) is 16.1. The van der Waals surface area contributed by atoms with Crippen LogP contribution >= 0.6 is 0 Å². The number of hydrogen-bond donors (Lipinski definition) is 1. The summed E-state index contributed by atoms with van der Waals surface area (Å²) in [5, 5.41) is 9.32. The summed E-state index contributed by atoms with van der Waals surface area (Å²) in [7, 11) is 0. The van der Waals surface area contributed by atoms with Crippen molar-refractivity contribution in [3.8, 4) is 0 Å². The molecule has 27 heavy (non-hydrogen) atoms. The first-order valence-corrected chi connectivity index (χ1v) is 8.04. The van der Waals surface area contributed by atoms with Gasteiger partial charge in [-0.3, -0.25) is 0 Å². The Morgan fingerprint density at radius 1 is 1.07 bits per heavy atom. The molecule has 10 heteroatoms. The zero-order valence-electron chi connectivity index (χ0n) is 13.7. The average Bonchev–Trinajstić information content (AvgIpc) is 2.58. The molecule has 0 unspecified atom stereocenters. The van der Waals surface area contributed by atoms with Crippen LogP contribution < -0.4 is 4.90 Å². The minimum absolute atomic E-state index is 0.0187. The topological polar surface area (TPSA) is 53.4 Å². The van der Waals surface area contributed by atoms with Gasteiger partial charge in [-0.25, -0.2) is 9.78 Å². The van der Waals surface area contributed by atoms with Crippen LogP contribution in [0, 0.1) is 5.92 Å². The van der Waals surface area contributed by atoms with Gasteiger partial charge in [0.2, 0.25) is 0 Å². The Labute approximate surface area is 149 Å². The fourth-order valence-electron chi connectivity index (χ4n) is 3.18. The molecule has 0 radical (unpaired) electrons. The van der Waals surface area contributed by atoms with Crippen LogP contribution in [0.5, 0.6) is 0 Å². The molecule has 1 saturated heterocycles. The standard InChI is InChI=1S/C17H14F6N2O2/c18-16(19,20)11-3-5-25(6-4-11)14-12-2-1-9(15(26)27)7-10(12)8-13(24-14)17(21,22)23/h1-2,7-8,11H,3-6H2,(H,26,27). The molecule has 3 rings (SSSR count). The van der Waals surface area contributed by atoms with Crippen LogP contribution in [-0.2, 0) is 6.18 Å². The number of alkyl halides is 6. The van der Waals surface area contributed by atoms with Gasteiger partial charge in [-0.1, -0.05) is 0 Å². The van der Waals surface area contributed by atoms with E-state index in [2.05, 4.69) is 4.98 Å². The molecule has 1 aromatic heterocycles. The first kappa shape index (κ1) is 19.2. The van der Waals surface area contributed by atoms with Crippen LogP contribution in [0.3, 0.4) is 0 Å². The van der Waals surface area contributed by atoms with E-state index in [1.54, 1.807) is 0 Å². The number of hydrogen-bond acceptors (Lipinski definition) is 3. The van der Waals surface area contributed by atoms with Crippen LogP contribution in [0.15, 0.2) is 24.3 Å². The van der Waals surface area contributed by atoms with Crippen molar-refractivity contribution in [3.05, 3.63) is 35.5 Å². The van der Waals surface area contributed by atoms with Crippen molar-refractivity contribution in [2.75, 3.05) is 18.0 Å². The van der Waals surface area contributed by atoms with Crippen molar-refractivity contribution in [1.29, 1.82) is 0 Å². The highest BCUT2D eigenvalue weighted by molar-refractivity contribution is 5.98. The highest BCUT2D eigenvalue weighted by atomic mass is 19.4. The van der Waals surface area contributed by atoms with Crippen LogP contribution in [0.1, 0.15) is 28.9 Å². The molecule has 146 valence electrons. The molecule has 1 aliphatic heterocycles. The minimum atomic E-state index is -4.77. The number of fused-ring (bicyclic) bond motifs is 1. The Bertz CT molecular complexity index is 870. The van der Waals surface area contributed by atoms with Crippen molar-refractivity contribution in [1.82, 2.24) is 4.98 Å². The molecule has 1 aliphatic rings. The lowest BCUT2D eigenvalue weighted by Crippen LogP contribution is -2.39. The number of carboxylic acids is 1. The van der Waals surface area contributed by atoms with E-state index >= 15 is 0 Å². The van der Waals surface area contributed by atoms with E-state index in [-0.39, 0.29) is 48.1 Å². The van der Waals surface area contributed by atoms with E-state index < -0.39 is 29.9 Å². The molecule has 0 spiro atoms. The van der Waals surface area contributed by atoms with Crippen molar-refractivity contribution < 1.29 is 36.2 Å². The van der Waals surface area contributed by atoms with E-state index in [0.717, 1.165) is 12.1 Å². The molecule has 0 amide bonds.